The van der Waals surface area contributed by atoms with E-state index in [1.807, 2.05) is 30.5 Å². The average molecular weight is 456 g/mol. The second kappa shape index (κ2) is 9.23. The molecule has 0 atom stereocenters. The summed E-state index contributed by atoms with van der Waals surface area (Å²) < 4.78 is 24.1. The molecule has 7 heteroatoms. The van der Waals surface area contributed by atoms with Crippen LogP contribution in [0, 0.1) is 5.82 Å². The Labute approximate surface area is 194 Å². The molecule has 0 fully saturated rings. The Morgan fingerprint density at radius 1 is 1.03 bits per heavy atom. The first-order chi connectivity index (χ1) is 16.6. The SMILES string of the molecule is O=C(NCCc1c[nH]c2ccccc12)c1cc2ccc(OCc3ccc(F)cc3)cc2oc1=O. The largest absolute Gasteiger partial charge is 0.489 e. The number of carbonyl (C=O) groups excluding carboxylic acids is 1. The summed E-state index contributed by atoms with van der Waals surface area (Å²) in [6.07, 6.45) is 2.56. The third kappa shape index (κ3) is 4.54. The fourth-order valence-corrected chi connectivity index (χ4v) is 3.83. The summed E-state index contributed by atoms with van der Waals surface area (Å²) in [5.41, 5.74) is 2.49. The Hall–Kier alpha value is -4.39. The number of fused-ring (bicyclic) bond motifs is 2. The lowest BCUT2D eigenvalue weighted by Gasteiger charge is -2.08. The quantitative estimate of drug-likeness (QED) is 0.339. The normalized spacial score (nSPS) is 11.1. The maximum absolute atomic E-state index is 13.0. The van der Waals surface area contributed by atoms with Gasteiger partial charge in [-0.1, -0.05) is 30.3 Å². The van der Waals surface area contributed by atoms with Crippen LogP contribution >= 0.6 is 0 Å². The number of hydrogen-bond acceptors (Lipinski definition) is 4. The van der Waals surface area contributed by atoms with Crippen LogP contribution in [0.4, 0.5) is 4.39 Å². The Morgan fingerprint density at radius 2 is 1.85 bits per heavy atom. The van der Waals surface area contributed by atoms with E-state index in [-0.39, 0.29) is 18.0 Å². The van der Waals surface area contributed by atoms with Gasteiger partial charge in [0.05, 0.1) is 0 Å². The molecular formula is C27H21FN2O4. The zero-order valence-electron chi connectivity index (χ0n) is 18.1. The highest BCUT2D eigenvalue weighted by molar-refractivity contribution is 5.96. The van der Waals surface area contributed by atoms with E-state index in [1.54, 1.807) is 30.3 Å². The molecule has 1 amide bonds. The van der Waals surface area contributed by atoms with Gasteiger partial charge >= 0.3 is 5.63 Å². The predicted molar refractivity (Wildman–Crippen MR) is 128 cm³/mol. The second-order valence-electron chi connectivity index (χ2n) is 7.93. The van der Waals surface area contributed by atoms with Crippen LogP contribution < -0.4 is 15.7 Å². The molecule has 0 saturated carbocycles. The lowest BCUT2D eigenvalue weighted by atomic mass is 10.1. The van der Waals surface area contributed by atoms with E-state index in [9.17, 15) is 14.0 Å². The highest BCUT2D eigenvalue weighted by Gasteiger charge is 2.14. The Bertz CT molecular complexity index is 1540. The summed E-state index contributed by atoms with van der Waals surface area (Å²) in [6, 6.07) is 20.5. The first-order valence-electron chi connectivity index (χ1n) is 10.9. The molecular weight excluding hydrogens is 435 g/mol. The number of aromatic nitrogens is 1. The summed E-state index contributed by atoms with van der Waals surface area (Å²) in [7, 11) is 0. The van der Waals surface area contributed by atoms with Crippen LogP contribution in [0.1, 0.15) is 21.5 Å². The zero-order valence-corrected chi connectivity index (χ0v) is 18.1. The molecule has 2 N–H and O–H groups in total. The molecule has 5 rings (SSSR count). The number of hydrogen-bond donors (Lipinski definition) is 2. The molecule has 34 heavy (non-hydrogen) atoms. The number of carbonyl (C=O) groups is 1. The standard InChI is InChI=1S/C27H21FN2O4/c28-20-8-5-17(6-9-20)16-33-21-10-7-18-13-23(27(32)34-25(18)14-21)26(31)29-12-11-19-15-30-24-4-2-1-3-22(19)24/h1-10,13-15,30H,11-12,16H2,(H,29,31). The van der Waals surface area contributed by atoms with Crippen molar-refractivity contribution in [1.82, 2.24) is 10.3 Å². The number of para-hydroxylation sites is 1. The van der Waals surface area contributed by atoms with Crippen molar-refractivity contribution < 1.29 is 18.3 Å². The van der Waals surface area contributed by atoms with Crippen molar-refractivity contribution >= 4 is 27.8 Å². The highest BCUT2D eigenvalue weighted by atomic mass is 19.1. The third-order valence-corrected chi connectivity index (χ3v) is 5.63. The Kier molecular flexibility index (Phi) is 5.82. The maximum atomic E-state index is 13.0. The maximum Gasteiger partial charge on any atom is 0.349 e. The number of aromatic amines is 1. The topological polar surface area (TPSA) is 84.3 Å². The van der Waals surface area contributed by atoms with Crippen molar-refractivity contribution in [3.8, 4) is 5.75 Å². The number of ether oxygens (including phenoxy) is 1. The van der Waals surface area contributed by atoms with E-state index in [2.05, 4.69) is 10.3 Å². The van der Waals surface area contributed by atoms with Crippen LogP contribution in [-0.4, -0.2) is 17.4 Å². The zero-order chi connectivity index (χ0) is 23.5. The molecule has 170 valence electrons. The van der Waals surface area contributed by atoms with Crippen molar-refractivity contribution in [3.63, 3.8) is 0 Å². The number of nitrogens with one attached hydrogen (secondary N) is 2. The lowest BCUT2D eigenvalue weighted by Crippen LogP contribution is -2.29. The molecule has 6 nitrogen and oxygen atoms in total. The van der Waals surface area contributed by atoms with E-state index >= 15 is 0 Å². The first kappa shape index (κ1) is 21.5. The number of halogens is 1. The van der Waals surface area contributed by atoms with Crippen molar-refractivity contribution in [3.05, 3.63) is 112 Å². The smallest absolute Gasteiger partial charge is 0.349 e. The van der Waals surface area contributed by atoms with Crippen LogP contribution in [-0.2, 0) is 13.0 Å². The number of H-pyrrole nitrogens is 1. The van der Waals surface area contributed by atoms with Gasteiger partial charge in [-0.05, 0) is 53.9 Å². The van der Waals surface area contributed by atoms with Gasteiger partial charge in [-0.25, -0.2) is 9.18 Å². The van der Waals surface area contributed by atoms with Crippen molar-refractivity contribution in [2.75, 3.05) is 6.54 Å². The number of benzene rings is 3. The fourth-order valence-electron chi connectivity index (χ4n) is 3.83. The average Bonchev–Trinajstić information content (AvgIpc) is 3.26. The van der Waals surface area contributed by atoms with Crippen LogP contribution in [0.2, 0.25) is 0 Å². The summed E-state index contributed by atoms with van der Waals surface area (Å²) in [4.78, 5) is 28.3. The summed E-state index contributed by atoms with van der Waals surface area (Å²) in [6.45, 7) is 0.626. The molecule has 0 unspecified atom stereocenters. The molecule has 0 saturated heterocycles. The van der Waals surface area contributed by atoms with Gasteiger partial charge in [-0.2, -0.15) is 0 Å². The molecule has 2 heterocycles. The third-order valence-electron chi connectivity index (χ3n) is 5.63. The minimum Gasteiger partial charge on any atom is -0.489 e. The van der Waals surface area contributed by atoms with Gasteiger partial charge in [-0.15, -0.1) is 0 Å². The van der Waals surface area contributed by atoms with Gasteiger partial charge in [0.2, 0.25) is 0 Å². The van der Waals surface area contributed by atoms with E-state index in [0.717, 1.165) is 22.0 Å². The summed E-state index contributed by atoms with van der Waals surface area (Å²) in [5.74, 6) is -0.294. The minimum atomic E-state index is -0.715. The molecule has 2 aromatic heterocycles. The molecule has 0 spiro atoms. The van der Waals surface area contributed by atoms with Gasteiger partial charge in [0.1, 0.15) is 29.3 Å². The van der Waals surface area contributed by atoms with Gasteiger partial charge in [0, 0.05) is 35.1 Å². The van der Waals surface area contributed by atoms with Crippen LogP contribution in [0.3, 0.4) is 0 Å². The Balaban J connectivity index is 1.25. The van der Waals surface area contributed by atoms with E-state index in [1.165, 1.54) is 18.2 Å². The van der Waals surface area contributed by atoms with Crippen molar-refractivity contribution in [2.45, 2.75) is 13.0 Å². The summed E-state index contributed by atoms with van der Waals surface area (Å²) in [5, 5.41) is 4.51. The second-order valence-corrected chi connectivity index (χ2v) is 7.93. The number of rotatable bonds is 7. The number of amides is 1. The van der Waals surface area contributed by atoms with E-state index < -0.39 is 11.5 Å². The Morgan fingerprint density at radius 3 is 2.71 bits per heavy atom. The van der Waals surface area contributed by atoms with Crippen LogP contribution in [0.5, 0.6) is 5.75 Å². The predicted octanol–water partition coefficient (Wildman–Crippen LogP) is 4.96. The van der Waals surface area contributed by atoms with Gasteiger partial charge in [0.15, 0.2) is 0 Å². The minimum absolute atomic E-state index is 0.0496. The summed E-state index contributed by atoms with van der Waals surface area (Å²) >= 11 is 0. The monoisotopic (exact) mass is 456 g/mol. The molecule has 0 radical (unpaired) electrons. The van der Waals surface area contributed by atoms with E-state index in [0.29, 0.717) is 29.7 Å². The molecule has 0 aliphatic carbocycles. The van der Waals surface area contributed by atoms with Crippen molar-refractivity contribution in [2.24, 2.45) is 0 Å². The molecule has 0 aliphatic rings. The van der Waals surface area contributed by atoms with E-state index in [4.69, 9.17) is 9.15 Å². The molecule has 5 aromatic rings. The lowest BCUT2D eigenvalue weighted by molar-refractivity contribution is 0.0950. The van der Waals surface area contributed by atoms with Crippen LogP contribution in [0.15, 0.2) is 88.2 Å². The van der Waals surface area contributed by atoms with Crippen molar-refractivity contribution in [1.29, 1.82) is 0 Å². The van der Waals surface area contributed by atoms with Gasteiger partial charge < -0.3 is 19.5 Å². The van der Waals surface area contributed by atoms with Gasteiger partial charge in [0.25, 0.3) is 5.91 Å². The van der Waals surface area contributed by atoms with Crippen LogP contribution in [0.25, 0.3) is 21.9 Å². The molecule has 0 bridgehead atoms. The fraction of sp³-hybridized carbons (Fsp3) is 0.111. The van der Waals surface area contributed by atoms with Gasteiger partial charge in [-0.3, -0.25) is 4.79 Å². The first-order valence-corrected chi connectivity index (χ1v) is 10.9. The molecule has 3 aromatic carbocycles. The molecule has 0 aliphatic heterocycles. The highest BCUT2D eigenvalue weighted by Crippen LogP contribution is 2.22.